The number of carbonyl (C=O) groups excluding carboxylic acids is 2. The number of aliphatic hydroxyl groups excluding tert-OH is 2. The van der Waals surface area contributed by atoms with Crippen molar-refractivity contribution in [3.63, 3.8) is 0 Å². The third kappa shape index (κ3) is 4.90. The summed E-state index contributed by atoms with van der Waals surface area (Å²) in [5.41, 5.74) is 0.106. The highest BCUT2D eigenvalue weighted by Gasteiger charge is 2.38. The van der Waals surface area contributed by atoms with Crippen molar-refractivity contribution in [2.24, 2.45) is 5.41 Å². The van der Waals surface area contributed by atoms with E-state index in [4.69, 9.17) is 0 Å². The van der Waals surface area contributed by atoms with E-state index in [1.165, 1.54) is 13.8 Å². The van der Waals surface area contributed by atoms with Crippen LogP contribution in [0.15, 0.2) is 84.9 Å². The Hall–Kier alpha value is -3.74. The van der Waals surface area contributed by atoms with E-state index in [0.29, 0.717) is 0 Å². The molecule has 4 rings (SSSR count). The van der Waals surface area contributed by atoms with E-state index >= 15 is 0 Å². The zero-order chi connectivity index (χ0) is 25.0. The highest BCUT2D eigenvalue weighted by atomic mass is 16.3. The molecule has 0 spiro atoms. The number of benzene rings is 4. The molecule has 0 aromatic heterocycles. The van der Waals surface area contributed by atoms with Gasteiger partial charge < -0.3 is 20.8 Å². The molecule has 4 aromatic rings. The first-order valence-electron chi connectivity index (χ1n) is 11.7. The van der Waals surface area contributed by atoms with Crippen LogP contribution in [0.3, 0.4) is 0 Å². The van der Waals surface area contributed by atoms with Crippen LogP contribution in [0.4, 0.5) is 0 Å². The Balaban J connectivity index is 1.54. The lowest BCUT2D eigenvalue weighted by atomic mass is 9.89. The van der Waals surface area contributed by atoms with Gasteiger partial charge in [0.15, 0.2) is 0 Å². The van der Waals surface area contributed by atoms with Crippen LogP contribution in [0.5, 0.6) is 0 Å². The molecule has 0 radical (unpaired) electrons. The minimum Gasteiger partial charge on any atom is -0.394 e. The summed E-state index contributed by atoms with van der Waals surface area (Å²) >= 11 is 0. The molecular formula is C29H30N2O4. The van der Waals surface area contributed by atoms with Crippen LogP contribution in [0.1, 0.15) is 37.1 Å². The van der Waals surface area contributed by atoms with Crippen molar-refractivity contribution in [2.75, 3.05) is 13.2 Å². The van der Waals surface area contributed by atoms with Crippen molar-refractivity contribution in [3.05, 3.63) is 96.1 Å². The zero-order valence-electron chi connectivity index (χ0n) is 19.9. The molecule has 0 aliphatic heterocycles. The number of amides is 2. The van der Waals surface area contributed by atoms with Gasteiger partial charge in [-0.15, -0.1) is 0 Å². The average Bonchev–Trinajstić information content (AvgIpc) is 2.89. The van der Waals surface area contributed by atoms with E-state index in [2.05, 4.69) is 10.6 Å². The molecule has 0 fully saturated rings. The third-order valence-corrected chi connectivity index (χ3v) is 6.51. The van der Waals surface area contributed by atoms with E-state index < -0.39 is 29.3 Å². The topological polar surface area (TPSA) is 98.7 Å². The van der Waals surface area contributed by atoms with E-state index in [0.717, 1.165) is 32.7 Å². The van der Waals surface area contributed by atoms with Crippen LogP contribution >= 0.6 is 0 Å². The highest BCUT2D eigenvalue weighted by Crippen LogP contribution is 2.28. The Labute approximate surface area is 204 Å². The lowest BCUT2D eigenvalue weighted by molar-refractivity contribution is -0.142. The molecule has 0 saturated carbocycles. The van der Waals surface area contributed by atoms with Gasteiger partial charge in [0.05, 0.1) is 25.3 Å². The van der Waals surface area contributed by atoms with Crippen LogP contribution in [-0.2, 0) is 9.59 Å². The Morgan fingerprint density at radius 2 is 1.03 bits per heavy atom. The predicted octanol–water partition coefficient (Wildman–Crippen LogP) is 4.02. The summed E-state index contributed by atoms with van der Waals surface area (Å²) in [5, 5.41) is 29.7. The fourth-order valence-corrected chi connectivity index (χ4v) is 4.33. The van der Waals surface area contributed by atoms with Gasteiger partial charge in [0.2, 0.25) is 11.8 Å². The summed E-state index contributed by atoms with van der Waals surface area (Å²) in [4.78, 5) is 26.5. The summed E-state index contributed by atoms with van der Waals surface area (Å²) in [6.07, 6.45) is 0. The predicted molar refractivity (Wildman–Crippen MR) is 138 cm³/mol. The molecule has 6 heteroatoms. The molecule has 0 heterocycles. The summed E-state index contributed by atoms with van der Waals surface area (Å²) in [7, 11) is 0. The van der Waals surface area contributed by atoms with Gasteiger partial charge in [-0.3, -0.25) is 9.59 Å². The molecular weight excluding hydrogens is 440 g/mol. The van der Waals surface area contributed by atoms with Crippen LogP contribution in [0.25, 0.3) is 21.5 Å². The number of fused-ring (bicyclic) bond motifs is 2. The van der Waals surface area contributed by atoms with Crippen molar-refractivity contribution in [1.29, 1.82) is 0 Å². The zero-order valence-corrected chi connectivity index (χ0v) is 19.9. The SMILES string of the molecule is CC(C)(C(=O)N[C@H](CO)c1cccc2ccccc12)C(=O)N[C@H](CO)c1cccc2ccccc12. The van der Waals surface area contributed by atoms with Crippen LogP contribution in [-0.4, -0.2) is 35.2 Å². The molecule has 0 aliphatic rings. The van der Waals surface area contributed by atoms with Gasteiger partial charge in [-0.2, -0.15) is 0 Å². The molecule has 2 amide bonds. The standard InChI is InChI=1S/C29H30N2O4/c1-29(2,27(34)30-25(17-32)23-15-7-11-19-9-3-5-13-21(19)23)28(35)31-26(18-33)24-16-8-12-20-10-4-6-14-22(20)24/h3-16,25-26,32-33H,17-18H2,1-2H3,(H,30,34)(H,31,35)/t25-,26-/m1/s1. The minimum atomic E-state index is -1.45. The highest BCUT2D eigenvalue weighted by molar-refractivity contribution is 6.04. The van der Waals surface area contributed by atoms with Crippen molar-refractivity contribution in [3.8, 4) is 0 Å². The molecule has 0 aliphatic carbocycles. The maximum absolute atomic E-state index is 13.3. The molecule has 180 valence electrons. The maximum atomic E-state index is 13.3. The fourth-order valence-electron chi connectivity index (χ4n) is 4.33. The first-order valence-corrected chi connectivity index (χ1v) is 11.7. The second-order valence-corrected chi connectivity index (χ2v) is 9.18. The van der Waals surface area contributed by atoms with Gasteiger partial charge in [0.1, 0.15) is 5.41 Å². The summed E-state index contributed by atoms with van der Waals surface area (Å²) in [6, 6.07) is 25.5. The lowest BCUT2D eigenvalue weighted by Crippen LogP contribution is -2.50. The molecule has 0 unspecified atom stereocenters. The van der Waals surface area contributed by atoms with Gasteiger partial charge >= 0.3 is 0 Å². The second-order valence-electron chi connectivity index (χ2n) is 9.18. The monoisotopic (exact) mass is 470 g/mol. The first-order chi connectivity index (χ1) is 16.9. The van der Waals surface area contributed by atoms with Crippen molar-refractivity contribution in [1.82, 2.24) is 10.6 Å². The van der Waals surface area contributed by atoms with Crippen molar-refractivity contribution < 1.29 is 19.8 Å². The number of nitrogens with one attached hydrogen (secondary N) is 2. The molecule has 4 N–H and O–H groups in total. The summed E-state index contributed by atoms with van der Waals surface area (Å²) < 4.78 is 0. The van der Waals surface area contributed by atoms with Gasteiger partial charge in [-0.1, -0.05) is 84.9 Å². The van der Waals surface area contributed by atoms with Gasteiger partial charge in [-0.25, -0.2) is 0 Å². The number of hydrogen-bond donors (Lipinski definition) is 4. The van der Waals surface area contributed by atoms with Gasteiger partial charge in [0.25, 0.3) is 0 Å². The largest absolute Gasteiger partial charge is 0.394 e. The molecule has 0 saturated heterocycles. The van der Waals surface area contributed by atoms with E-state index in [1.54, 1.807) is 0 Å². The van der Waals surface area contributed by atoms with Crippen molar-refractivity contribution in [2.45, 2.75) is 25.9 Å². The fraction of sp³-hybridized carbons (Fsp3) is 0.241. The second kappa shape index (κ2) is 10.3. The Bertz CT molecular complexity index is 1250. The number of carbonyl (C=O) groups is 2. The number of rotatable bonds is 8. The van der Waals surface area contributed by atoms with Crippen molar-refractivity contribution >= 4 is 33.4 Å². The van der Waals surface area contributed by atoms with E-state index in [9.17, 15) is 19.8 Å². The minimum absolute atomic E-state index is 0.313. The van der Waals surface area contributed by atoms with Gasteiger partial charge in [-0.05, 0) is 46.5 Å². The summed E-state index contributed by atoms with van der Waals surface area (Å²) in [6.45, 7) is 2.44. The molecule has 4 aromatic carbocycles. The normalized spacial score (nSPS) is 13.4. The molecule has 35 heavy (non-hydrogen) atoms. The number of hydrogen-bond acceptors (Lipinski definition) is 4. The van der Waals surface area contributed by atoms with E-state index in [1.807, 2.05) is 84.9 Å². The Kier molecular flexibility index (Phi) is 7.15. The van der Waals surface area contributed by atoms with Crippen LogP contribution in [0.2, 0.25) is 0 Å². The Morgan fingerprint density at radius 1 is 0.657 bits per heavy atom. The summed E-state index contributed by atoms with van der Waals surface area (Å²) in [5.74, 6) is -1.03. The Morgan fingerprint density at radius 3 is 1.43 bits per heavy atom. The van der Waals surface area contributed by atoms with Crippen LogP contribution in [0, 0.1) is 5.41 Å². The maximum Gasteiger partial charge on any atom is 0.235 e. The van der Waals surface area contributed by atoms with E-state index in [-0.39, 0.29) is 13.2 Å². The average molecular weight is 471 g/mol. The number of aliphatic hydroxyl groups is 2. The molecule has 6 nitrogen and oxygen atoms in total. The third-order valence-electron chi connectivity index (χ3n) is 6.51. The molecule has 2 atom stereocenters. The van der Waals surface area contributed by atoms with Gasteiger partial charge in [0, 0.05) is 0 Å². The molecule has 0 bridgehead atoms. The quantitative estimate of drug-likeness (QED) is 0.292. The van der Waals surface area contributed by atoms with Crippen LogP contribution < -0.4 is 10.6 Å². The lowest BCUT2D eigenvalue weighted by Gasteiger charge is -2.29. The smallest absolute Gasteiger partial charge is 0.235 e. The first kappa shape index (κ1) is 24.4.